The quantitative estimate of drug-likeness (QED) is 0.536. The van der Waals surface area contributed by atoms with Gasteiger partial charge in [-0.25, -0.2) is 14.7 Å². The van der Waals surface area contributed by atoms with Crippen molar-refractivity contribution in [3.63, 3.8) is 0 Å². The summed E-state index contributed by atoms with van der Waals surface area (Å²) in [6.45, 7) is 0.919. The first-order valence-electron chi connectivity index (χ1n) is 10.1. The smallest absolute Gasteiger partial charge is 0.279 e. The minimum atomic E-state index is -3.75. The molecule has 1 aliphatic heterocycles. The zero-order chi connectivity index (χ0) is 22.7. The lowest BCUT2D eigenvalue weighted by Gasteiger charge is -2.33. The van der Waals surface area contributed by atoms with E-state index in [9.17, 15) is 13.2 Å². The lowest BCUT2D eigenvalue weighted by molar-refractivity contribution is -0.134. The highest BCUT2D eigenvalue weighted by atomic mass is 35.5. The molecule has 2 heterocycles. The number of halogens is 1. The summed E-state index contributed by atoms with van der Waals surface area (Å²) >= 11 is 5.96. The summed E-state index contributed by atoms with van der Waals surface area (Å²) < 4.78 is 29.0. The van der Waals surface area contributed by atoms with Gasteiger partial charge in [0.2, 0.25) is 5.91 Å². The van der Waals surface area contributed by atoms with Crippen LogP contribution in [-0.2, 0) is 28.0 Å². The molecule has 168 valence electrons. The van der Waals surface area contributed by atoms with Gasteiger partial charge in [-0.1, -0.05) is 29.8 Å². The number of hydrogen-bond acceptors (Lipinski definition) is 6. The van der Waals surface area contributed by atoms with E-state index in [1.54, 1.807) is 17.0 Å². The molecule has 9 nitrogen and oxygen atoms in total. The average Bonchev–Trinajstić information content (AvgIpc) is 2.75. The monoisotopic (exact) mass is 474 g/mol. The van der Waals surface area contributed by atoms with Crippen molar-refractivity contribution in [2.45, 2.75) is 13.0 Å². The second-order valence-electron chi connectivity index (χ2n) is 7.54. The van der Waals surface area contributed by atoms with Gasteiger partial charge in [0.25, 0.3) is 10.2 Å². The number of nitrogen functional groups attached to an aromatic ring is 1. The Balaban J connectivity index is 1.33. The van der Waals surface area contributed by atoms with Crippen molar-refractivity contribution in [1.29, 1.82) is 0 Å². The maximum absolute atomic E-state index is 12.6. The summed E-state index contributed by atoms with van der Waals surface area (Å²) in [5, 5.41) is 1.36. The molecule has 4 rings (SSSR count). The zero-order valence-corrected chi connectivity index (χ0v) is 18.8. The summed E-state index contributed by atoms with van der Waals surface area (Å²) in [5.41, 5.74) is 8.38. The predicted octanol–water partition coefficient (Wildman–Crippen LogP) is 1.59. The van der Waals surface area contributed by atoms with Gasteiger partial charge < -0.3 is 10.6 Å². The van der Waals surface area contributed by atoms with Crippen LogP contribution in [0.25, 0.3) is 10.9 Å². The molecule has 1 fully saturated rings. The van der Waals surface area contributed by atoms with E-state index in [1.807, 2.05) is 30.3 Å². The molecule has 3 aromatic rings. The van der Waals surface area contributed by atoms with Crippen LogP contribution in [0.2, 0.25) is 5.02 Å². The molecule has 0 aliphatic carbocycles. The number of nitrogens with two attached hydrogens (primary N) is 1. The molecule has 0 unspecified atom stereocenters. The maximum atomic E-state index is 12.6. The number of fused-ring (bicyclic) bond motifs is 1. The van der Waals surface area contributed by atoms with E-state index in [0.29, 0.717) is 35.9 Å². The number of carbonyl (C=O) groups excluding carboxylic acids is 1. The number of carbonyl (C=O) groups is 1. The fourth-order valence-corrected chi connectivity index (χ4v) is 4.97. The van der Waals surface area contributed by atoms with Gasteiger partial charge in [0.05, 0.1) is 12.1 Å². The lowest BCUT2D eigenvalue weighted by atomic mass is 10.1. The standard InChI is InChI=1S/C21H23ClN6O3S/c22-17-3-1-2-15(10-17)6-7-26-32(30,31)28-9-8-27(20(29)13-28)12-16-4-5-18-19(11-16)24-14-25-21(18)23/h1-5,10-11,14,26H,6-9,12-13H2,(H2,23,24,25). The van der Waals surface area contributed by atoms with Crippen LogP contribution in [-0.4, -0.2) is 59.7 Å². The highest BCUT2D eigenvalue weighted by Crippen LogP contribution is 2.20. The highest BCUT2D eigenvalue weighted by molar-refractivity contribution is 7.87. The van der Waals surface area contributed by atoms with Crippen LogP contribution >= 0.6 is 11.6 Å². The highest BCUT2D eigenvalue weighted by Gasteiger charge is 2.31. The van der Waals surface area contributed by atoms with Gasteiger partial charge in [0.15, 0.2) is 0 Å². The number of rotatable bonds is 7. The number of benzene rings is 2. The Bertz CT molecular complexity index is 1250. The molecule has 11 heteroatoms. The van der Waals surface area contributed by atoms with Crippen molar-refractivity contribution in [1.82, 2.24) is 23.9 Å². The maximum Gasteiger partial charge on any atom is 0.279 e. The van der Waals surface area contributed by atoms with Crippen LogP contribution in [0.5, 0.6) is 0 Å². The number of aromatic nitrogens is 2. The van der Waals surface area contributed by atoms with Crippen molar-refractivity contribution < 1.29 is 13.2 Å². The first kappa shape index (κ1) is 22.4. The fourth-order valence-electron chi connectivity index (χ4n) is 3.61. The van der Waals surface area contributed by atoms with Crippen LogP contribution in [0.1, 0.15) is 11.1 Å². The Labute approximate surface area is 191 Å². The molecule has 0 bridgehead atoms. The Morgan fingerprint density at radius 3 is 2.72 bits per heavy atom. The second kappa shape index (κ2) is 9.37. The molecule has 0 atom stereocenters. The molecule has 1 aliphatic rings. The molecule has 3 N–H and O–H groups in total. The third-order valence-electron chi connectivity index (χ3n) is 5.32. The number of hydrogen-bond donors (Lipinski definition) is 2. The van der Waals surface area contributed by atoms with Gasteiger partial charge in [-0.05, 0) is 41.8 Å². The van der Waals surface area contributed by atoms with E-state index >= 15 is 0 Å². The fraction of sp³-hybridized carbons (Fsp3) is 0.286. The van der Waals surface area contributed by atoms with Crippen LogP contribution in [0, 0.1) is 0 Å². The molecule has 0 spiro atoms. The van der Waals surface area contributed by atoms with Gasteiger partial charge >= 0.3 is 0 Å². The van der Waals surface area contributed by atoms with Crippen LogP contribution in [0.15, 0.2) is 48.8 Å². The van der Waals surface area contributed by atoms with Crippen LogP contribution in [0.3, 0.4) is 0 Å². The third-order valence-corrected chi connectivity index (χ3v) is 7.11. The van der Waals surface area contributed by atoms with Crippen molar-refractivity contribution in [3.05, 3.63) is 64.9 Å². The molecule has 0 radical (unpaired) electrons. The van der Waals surface area contributed by atoms with Crippen LogP contribution in [0.4, 0.5) is 5.82 Å². The Morgan fingerprint density at radius 2 is 1.94 bits per heavy atom. The second-order valence-corrected chi connectivity index (χ2v) is 9.73. The summed E-state index contributed by atoms with van der Waals surface area (Å²) in [4.78, 5) is 22.5. The van der Waals surface area contributed by atoms with Crippen molar-refractivity contribution in [2.24, 2.45) is 0 Å². The van der Waals surface area contributed by atoms with Gasteiger partial charge in [-0.2, -0.15) is 12.7 Å². The van der Waals surface area contributed by atoms with E-state index < -0.39 is 10.2 Å². The van der Waals surface area contributed by atoms with Crippen molar-refractivity contribution in [3.8, 4) is 0 Å². The van der Waals surface area contributed by atoms with E-state index in [2.05, 4.69) is 14.7 Å². The van der Waals surface area contributed by atoms with Crippen LogP contribution < -0.4 is 10.5 Å². The number of piperazine rings is 1. The average molecular weight is 475 g/mol. The SMILES string of the molecule is Nc1ncnc2cc(CN3CCN(S(=O)(=O)NCCc4cccc(Cl)c4)CC3=O)ccc12. The van der Waals surface area contributed by atoms with Crippen molar-refractivity contribution >= 4 is 44.4 Å². The van der Waals surface area contributed by atoms with Crippen molar-refractivity contribution in [2.75, 3.05) is 31.9 Å². The van der Waals surface area contributed by atoms with E-state index in [0.717, 1.165) is 16.5 Å². The molecular formula is C21H23ClN6O3S. The summed E-state index contributed by atoms with van der Waals surface area (Å²) in [6.07, 6.45) is 1.90. The minimum absolute atomic E-state index is 0.199. The molecule has 32 heavy (non-hydrogen) atoms. The largest absolute Gasteiger partial charge is 0.383 e. The first-order valence-corrected chi connectivity index (χ1v) is 11.9. The Hall–Kier alpha value is -2.79. The summed E-state index contributed by atoms with van der Waals surface area (Å²) in [5.74, 6) is 0.151. The normalized spacial score (nSPS) is 15.4. The Kier molecular flexibility index (Phi) is 6.56. The first-order chi connectivity index (χ1) is 15.3. The number of anilines is 1. The van der Waals surface area contributed by atoms with Gasteiger partial charge in [-0.15, -0.1) is 0 Å². The lowest BCUT2D eigenvalue weighted by Crippen LogP contribution is -2.54. The van der Waals surface area contributed by atoms with E-state index in [1.165, 1.54) is 10.6 Å². The number of amides is 1. The predicted molar refractivity (Wildman–Crippen MR) is 123 cm³/mol. The number of nitrogens with zero attached hydrogens (tertiary/aromatic N) is 4. The van der Waals surface area contributed by atoms with Gasteiger partial charge in [-0.3, -0.25) is 4.79 Å². The number of nitrogens with one attached hydrogen (secondary N) is 1. The minimum Gasteiger partial charge on any atom is -0.383 e. The molecule has 0 saturated carbocycles. The summed E-state index contributed by atoms with van der Waals surface area (Å²) in [7, 11) is -3.75. The molecule has 2 aromatic carbocycles. The molecular weight excluding hydrogens is 452 g/mol. The Morgan fingerprint density at radius 1 is 1.09 bits per heavy atom. The third kappa shape index (κ3) is 5.16. The van der Waals surface area contributed by atoms with E-state index in [-0.39, 0.29) is 25.5 Å². The van der Waals surface area contributed by atoms with E-state index in [4.69, 9.17) is 17.3 Å². The zero-order valence-electron chi connectivity index (χ0n) is 17.2. The molecule has 1 saturated heterocycles. The summed E-state index contributed by atoms with van der Waals surface area (Å²) in [6, 6.07) is 12.8. The topological polar surface area (TPSA) is 122 Å². The van der Waals surface area contributed by atoms with Gasteiger partial charge in [0.1, 0.15) is 12.1 Å². The molecule has 1 aromatic heterocycles. The van der Waals surface area contributed by atoms with Gasteiger partial charge in [0, 0.05) is 36.6 Å². The molecule has 1 amide bonds.